The summed E-state index contributed by atoms with van der Waals surface area (Å²) in [5, 5.41) is 0.151. The topological polar surface area (TPSA) is 9.23 Å². The second-order valence-electron chi connectivity index (χ2n) is 4.66. The highest BCUT2D eigenvalue weighted by atomic mass is 127. The highest BCUT2D eigenvalue weighted by molar-refractivity contribution is 14.1. The van der Waals surface area contributed by atoms with Crippen LogP contribution in [-0.2, 0) is 4.74 Å². The molecule has 0 fully saturated rings. The van der Waals surface area contributed by atoms with Crippen LogP contribution in [0.5, 0.6) is 0 Å². The molecule has 3 heteroatoms. The summed E-state index contributed by atoms with van der Waals surface area (Å²) in [7, 11) is 1.12. The molecule has 0 aliphatic carbocycles. The van der Waals surface area contributed by atoms with E-state index in [-0.39, 0.29) is 5.22 Å². The average molecular weight is 342 g/mol. The summed E-state index contributed by atoms with van der Waals surface area (Å²) in [4.78, 5) is 0. The molecule has 3 unspecified atom stereocenters. The molecule has 92 valence electrons. The van der Waals surface area contributed by atoms with Gasteiger partial charge < -0.3 is 4.74 Å². The Morgan fingerprint density at radius 2 is 1.73 bits per heavy atom. The predicted octanol–water partition coefficient (Wildman–Crippen LogP) is 3.12. The van der Waals surface area contributed by atoms with Crippen LogP contribution in [0.25, 0.3) is 0 Å². The monoisotopic (exact) mass is 342 g/mol. The fourth-order valence-electron chi connectivity index (χ4n) is 2.37. The number of alkyl halides is 1. The minimum Gasteiger partial charge on any atom is -0.379 e. The van der Waals surface area contributed by atoms with Gasteiger partial charge in [-0.3, -0.25) is 0 Å². The van der Waals surface area contributed by atoms with Crippen LogP contribution in [0.4, 0.5) is 0 Å². The first-order valence-electron chi connectivity index (χ1n) is 6.19. The minimum atomic E-state index is 0.151. The summed E-state index contributed by atoms with van der Waals surface area (Å²) in [5.41, 5.74) is 0.333. The van der Waals surface area contributed by atoms with Crippen molar-refractivity contribution >= 4 is 32.8 Å². The van der Waals surface area contributed by atoms with Crippen molar-refractivity contribution in [1.82, 2.24) is 0 Å². The lowest BCUT2D eigenvalue weighted by Crippen LogP contribution is -2.53. The van der Waals surface area contributed by atoms with Crippen LogP contribution >= 0.6 is 22.6 Å². The van der Waals surface area contributed by atoms with Gasteiger partial charge in [-0.2, -0.15) is 0 Å². The van der Waals surface area contributed by atoms with Gasteiger partial charge in [-0.1, -0.05) is 50.3 Å². The summed E-state index contributed by atoms with van der Waals surface area (Å²) in [6.07, 6.45) is 3.60. The molecule has 0 amide bonds. The molecule has 15 heavy (non-hydrogen) atoms. The zero-order valence-electron chi connectivity index (χ0n) is 11.2. The third-order valence-corrected chi connectivity index (χ3v) is 8.52. The van der Waals surface area contributed by atoms with Crippen molar-refractivity contribution in [3.05, 3.63) is 0 Å². The van der Waals surface area contributed by atoms with Gasteiger partial charge in [-0.15, -0.1) is 0 Å². The second kappa shape index (κ2) is 6.60. The number of ether oxygens (including phenoxy) is 1. The van der Waals surface area contributed by atoms with Gasteiger partial charge in [0.15, 0.2) is 0 Å². The molecule has 0 bridgehead atoms. The Morgan fingerprint density at radius 3 is 2.00 bits per heavy atom. The Kier molecular flexibility index (Phi) is 6.99. The molecule has 3 atom stereocenters. The summed E-state index contributed by atoms with van der Waals surface area (Å²) < 4.78 is 6.83. The van der Waals surface area contributed by atoms with Crippen molar-refractivity contribution in [2.45, 2.75) is 63.0 Å². The largest absolute Gasteiger partial charge is 0.379 e. The predicted molar refractivity (Wildman–Crippen MR) is 81.1 cm³/mol. The van der Waals surface area contributed by atoms with Crippen molar-refractivity contribution in [1.29, 1.82) is 0 Å². The molecule has 0 spiro atoms. The molecule has 0 heterocycles. The van der Waals surface area contributed by atoms with E-state index in [0.717, 1.165) is 23.3 Å². The average Bonchev–Trinajstić information content (AvgIpc) is 2.26. The lowest BCUT2D eigenvalue weighted by atomic mass is 9.75. The number of hydrogen-bond donors (Lipinski definition) is 0. The first kappa shape index (κ1) is 15.9. The van der Waals surface area contributed by atoms with E-state index in [1.165, 1.54) is 12.8 Å². The zero-order valence-corrected chi connectivity index (χ0v) is 15.3. The van der Waals surface area contributed by atoms with Crippen LogP contribution in [0.1, 0.15) is 53.9 Å². The van der Waals surface area contributed by atoms with Gasteiger partial charge in [0.2, 0.25) is 0 Å². The van der Waals surface area contributed by atoms with E-state index in [2.05, 4.69) is 57.2 Å². The SMILES string of the molecule is CCOC([SiH3])(CC)C(C)(CC)C(I)CC. The van der Waals surface area contributed by atoms with E-state index >= 15 is 0 Å². The molecule has 0 N–H and O–H groups in total. The van der Waals surface area contributed by atoms with E-state index in [1.807, 2.05) is 0 Å². The normalized spacial score (nSPS) is 22.0. The summed E-state index contributed by atoms with van der Waals surface area (Å²) >= 11 is 2.61. The maximum atomic E-state index is 6.11. The summed E-state index contributed by atoms with van der Waals surface area (Å²) in [5.74, 6) is 0. The van der Waals surface area contributed by atoms with E-state index < -0.39 is 0 Å². The van der Waals surface area contributed by atoms with Gasteiger partial charge in [0.05, 0.1) is 5.22 Å². The smallest absolute Gasteiger partial charge is 0.0544 e. The van der Waals surface area contributed by atoms with Crippen molar-refractivity contribution in [3.63, 3.8) is 0 Å². The first-order chi connectivity index (χ1) is 6.91. The van der Waals surface area contributed by atoms with Crippen molar-refractivity contribution in [2.75, 3.05) is 6.61 Å². The van der Waals surface area contributed by atoms with E-state index in [0.29, 0.717) is 9.34 Å². The molecular weight excluding hydrogens is 315 g/mol. The molecule has 0 aromatic rings. The van der Waals surface area contributed by atoms with Crippen LogP contribution < -0.4 is 0 Å². The quantitative estimate of drug-likeness (QED) is 0.392. The molecule has 0 rings (SSSR count). The second-order valence-corrected chi connectivity index (χ2v) is 7.78. The maximum absolute atomic E-state index is 6.11. The molecule has 1 nitrogen and oxygen atoms in total. The lowest BCUT2D eigenvalue weighted by molar-refractivity contribution is -0.0676. The molecule has 0 aromatic carbocycles. The highest BCUT2D eigenvalue weighted by Crippen LogP contribution is 2.45. The molecule has 0 saturated carbocycles. The lowest BCUT2D eigenvalue weighted by Gasteiger charge is -2.48. The Balaban J connectivity index is 5.02. The Hall–Kier alpha value is 0.907. The van der Waals surface area contributed by atoms with Crippen LogP contribution in [0.3, 0.4) is 0 Å². The van der Waals surface area contributed by atoms with Crippen LogP contribution in [-0.4, -0.2) is 26.0 Å². The van der Waals surface area contributed by atoms with E-state index in [1.54, 1.807) is 0 Å². The molecular formula is C12H27IOSi. The van der Waals surface area contributed by atoms with Gasteiger partial charge in [-0.25, -0.2) is 0 Å². The molecule has 0 saturated heterocycles. The van der Waals surface area contributed by atoms with Gasteiger partial charge >= 0.3 is 0 Å². The standard InChI is InChI=1S/C12H27IOSi/c1-6-10(13)11(5,7-2)12(15,8-3)14-9-4/h10H,6-9H2,1-5,15H3. The number of hydrogen-bond acceptors (Lipinski definition) is 1. The van der Waals surface area contributed by atoms with E-state index in [9.17, 15) is 0 Å². The Labute approximate surface area is 112 Å². The van der Waals surface area contributed by atoms with Crippen LogP contribution in [0.15, 0.2) is 0 Å². The van der Waals surface area contributed by atoms with Crippen molar-refractivity contribution in [2.24, 2.45) is 5.41 Å². The Bertz CT molecular complexity index is 188. The van der Waals surface area contributed by atoms with Crippen LogP contribution in [0, 0.1) is 5.41 Å². The van der Waals surface area contributed by atoms with E-state index in [4.69, 9.17) is 4.74 Å². The highest BCUT2D eigenvalue weighted by Gasteiger charge is 2.46. The third-order valence-electron chi connectivity index (χ3n) is 4.13. The van der Waals surface area contributed by atoms with Crippen LogP contribution in [0.2, 0.25) is 0 Å². The molecule has 0 aromatic heterocycles. The third kappa shape index (κ3) is 3.19. The molecule has 0 aliphatic rings. The van der Waals surface area contributed by atoms with Gasteiger partial charge in [-0.05, 0) is 26.2 Å². The Morgan fingerprint density at radius 1 is 1.20 bits per heavy atom. The van der Waals surface area contributed by atoms with Gasteiger partial charge in [0.1, 0.15) is 0 Å². The summed E-state index contributed by atoms with van der Waals surface area (Å²) in [6, 6.07) is 0. The van der Waals surface area contributed by atoms with Gasteiger partial charge in [0.25, 0.3) is 0 Å². The molecule has 0 radical (unpaired) electrons. The van der Waals surface area contributed by atoms with Crippen molar-refractivity contribution < 1.29 is 4.74 Å². The first-order valence-corrected chi connectivity index (χ1v) is 8.44. The van der Waals surface area contributed by atoms with Gasteiger partial charge in [0, 0.05) is 26.2 Å². The number of rotatable bonds is 7. The fraction of sp³-hybridized carbons (Fsp3) is 1.00. The summed E-state index contributed by atoms with van der Waals surface area (Å²) in [6.45, 7) is 12.2. The minimum absolute atomic E-state index is 0.151. The zero-order chi connectivity index (χ0) is 12.1. The maximum Gasteiger partial charge on any atom is 0.0544 e. The fourth-order valence-corrected chi connectivity index (χ4v) is 5.04. The number of halogens is 1. The molecule has 0 aliphatic heterocycles. The van der Waals surface area contributed by atoms with Crippen molar-refractivity contribution in [3.8, 4) is 0 Å².